The minimum Gasteiger partial charge on any atom is -0.341 e. The first-order valence-electron chi connectivity index (χ1n) is 9.23. The molecule has 1 saturated heterocycles. The van der Waals surface area contributed by atoms with Crippen LogP contribution < -0.4 is 0 Å². The van der Waals surface area contributed by atoms with Gasteiger partial charge in [-0.2, -0.15) is 10.4 Å². The second-order valence-corrected chi connectivity index (χ2v) is 7.28. The Morgan fingerprint density at radius 3 is 2.64 bits per heavy atom. The van der Waals surface area contributed by atoms with Crippen molar-refractivity contribution >= 4 is 5.91 Å². The Morgan fingerprint density at radius 1 is 1.36 bits per heavy atom. The highest BCUT2D eigenvalue weighted by Gasteiger charge is 2.35. The van der Waals surface area contributed by atoms with Gasteiger partial charge in [-0.1, -0.05) is 13.3 Å². The van der Waals surface area contributed by atoms with E-state index in [0.29, 0.717) is 31.3 Å². The lowest BCUT2D eigenvalue weighted by Gasteiger charge is -2.23. The lowest BCUT2D eigenvalue weighted by atomic mass is 10.0. The monoisotopic (exact) mass is 345 g/mol. The van der Waals surface area contributed by atoms with Gasteiger partial charge in [0.15, 0.2) is 0 Å². The van der Waals surface area contributed by atoms with E-state index in [-0.39, 0.29) is 5.91 Å². The van der Waals surface area contributed by atoms with E-state index in [4.69, 9.17) is 5.26 Å². The van der Waals surface area contributed by atoms with Crippen LogP contribution >= 0.6 is 0 Å². The van der Waals surface area contributed by atoms with Crippen LogP contribution in [0.1, 0.15) is 43.1 Å². The van der Waals surface area contributed by atoms with Crippen molar-refractivity contribution in [1.82, 2.24) is 19.6 Å². The minimum absolute atomic E-state index is 0.242. The number of carbonyl (C=O) groups excluding carboxylic acids is 1. The average Bonchev–Trinajstić information content (AvgIpc) is 3.13. The summed E-state index contributed by atoms with van der Waals surface area (Å²) in [6.07, 6.45) is 2.82. The first-order chi connectivity index (χ1) is 11.9. The number of amides is 1. The summed E-state index contributed by atoms with van der Waals surface area (Å²) in [6.45, 7) is 8.55. The van der Waals surface area contributed by atoms with Crippen LogP contribution in [0.15, 0.2) is 0 Å². The number of likely N-dealkylation sites (N-methyl/N-ethyl adjacent to an activating group) is 1. The fourth-order valence-electron chi connectivity index (χ4n) is 3.90. The molecule has 138 valence electrons. The Morgan fingerprint density at radius 2 is 2.08 bits per heavy atom. The molecular weight excluding hydrogens is 314 g/mol. The highest BCUT2D eigenvalue weighted by molar-refractivity contribution is 5.77. The highest BCUT2D eigenvalue weighted by atomic mass is 16.2. The van der Waals surface area contributed by atoms with Gasteiger partial charge in [-0.05, 0) is 45.8 Å². The van der Waals surface area contributed by atoms with Crippen LogP contribution in [-0.2, 0) is 17.8 Å². The van der Waals surface area contributed by atoms with Crippen molar-refractivity contribution < 1.29 is 4.79 Å². The smallest absolute Gasteiger partial charge is 0.222 e. The molecule has 1 aromatic heterocycles. The molecule has 1 aliphatic heterocycles. The van der Waals surface area contributed by atoms with Crippen LogP contribution in [0.25, 0.3) is 0 Å². The van der Waals surface area contributed by atoms with E-state index in [0.717, 1.165) is 42.9 Å². The number of aryl methyl sites for hydroxylation is 2. The van der Waals surface area contributed by atoms with Gasteiger partial charge in [0.2, 0.25) is 5.91 Å². The number of likely N-dealkylation sites (tertiary alicyclic amines) is 1. The number of rotatable bonds is 7. The molecule has 0 saturated carbocycles. The normalized spacial score (nSPS) is 20.3. The van der Waals surface area contributed by atoms with E-state index in [1.807, 2.05) is 23.4 Å². The molecule has 1 amide bonds. The maximum atomic E-state index is 12.7. The zero-order chi connectivity index (χ0) is 18.6. The maximum absolute atomic E-state index is 12.7. The van der Waals surface area contributed by atoms with E-state index in [1.54, 1.807) is 0 Å². The zero-order valence-corrected chi connectivity index (χ0v) is 16.2. The van der Waals surface area contributed by atoms with E-state index in [2.05, 4.69) is 37.1 Å². The molecule has 2 rings (SSSR count). The minimum atomic E-state index is 0.242. The molecular formula is C19H31N5O. The molecule has 0 spiro atoms. The number of aromatic nitrogens is 2. The Bertz CT molecular complexity index is 643. The molecule has 1 aromatic rings. The van der Waals surface area contributed by atoms with Crippen LogP contribution in [0.3, 0.4) is 0 Å². The van der Waals surface area contributed by atoms with Gasteiger partial charge in [0, 0.05) is 31.2 Å². The average molecular weight is 345 g/mol. The molecule has 6 heteroatoms. The van der Waals surface area contributed by atoms with Crippen LogP contribution in [-0.4, -0.2) is 58.7 Å². The third-order valence-corrected chi connectivity index (χ3v) is 5.50. The Labute approximate surface area is 151 Å². The summed E-state index contributed by atoms with van der Waals surface area (Å²) in [4.78, 5) is 17.0. The molecule has 0 bridgehead atoms. The fraction of sp³-hybridized carbons (Fsp3) is 0.737. The van der Waals surface area contributed by atoms with Gasteiger partial charge in [0.1, 0.15) is 0 Å². The van der Waals surface area contributed by atoms with Crippen molar-refractivity contribution in [2.24, 2.45) is 5.92 Å². The van der Waals surface area contributed by atoms with Crippen molar-refractivity contribution in [3.63, 3.8) is 0 Å². The van der Waals surface area contributed by atoms with E-state index < -0.39 is 0 Å². The van der Waals surface area contributed by atoms with Crippen molar-refractivity contribution in [3.05, 3.63) is 17.0 Å². The summed E-state index contributed by atoms with van der Waals surface area (Å²) in [5, 5.41) is 13.3. The molecule has 0 aliphatic carbocycles. The zero-order valence-electron chi connectivity index (χ0n) is 16.2. The molecule has 25 heavy (non-hydrogen) atoms. The van der Waals surface area contributed by atoms with Crippen molar-refractivity contribution in [3.8, 4) is 6.07 Å². The van der Waals surface area contributed by atoms with Gasteiger partial charge in [-0.25, -0.2) is 0 Å². The van der Waals surface area contributed by atoms with E-state index in [1.165, 1.54) is 0 Å². The predicted octanol–water partition coefficient (Wildman–Crippen LogP) is 2.14. The second kappa shape index (κ2) is 8.48. The summed E-state index contributed by atoms with van der Waals surface area (Å²) < 4.78 is 1.89. The topological polar surface area (TPSA) is 65.2 Å². The van der Waals surface area contributed by atoms with Gasteiger partial charge in [-0.15, -0.1) is 0 Å². The molecule has 1 aliphatic rings. The third-order valence-electron chi connectivity index (χ3n) is 5.50. The lowest BCUT2D eigenvalue weighted by molar-refractivity contribution is -0.130. The highest BCUT2D eigenvalue weighted by Crippen LogP contribution is 2.24. The molecule has 0 N–H and O–H groups in total. The van der Waals surface area contributed by atoms with Crippen molar-refractivity contribution in [2.45, 2.75) is 59.0 Å². The lowest BCUT2D eigenvalue weighted by Crippen LogP contribution is -2.36. The summed E-state index contributed by atoms with van der Waals surface area (Å²) in [5.74, 6) is 0.808. The predicted molar refractivity (Wildman–Crippen MR) is 98.1 cm³/mol. The van der Waals surface area contributed by atoms with Gasteiger partial charge >= 0.3 is 0 Å². The Kier molecular flexibility index (Phi) is 6.60. The second-order valence-electron chi connectivity index (χ2n) is 7.28. The molecule has 1 fully saturated rings. The summed E-state index contributed by atoms with van der Waals surface area (Å²) >= 11 is 0. The van der Waals surface area contributed by atoms with Gasteiger partial charge in [0.25, 0.3) is 0 Å². The summed E-state index contributed by atoms with van der Waals surface area (Å²) in [5.41, 5.74) is 3.21. The van der Waals surface area contributed by atoms with Crippen LogP contribution in [0, 0.1) is 31.1 Å². The quantitative estimate of drug-likeness (QED) is 0.759. The van der Waals surface area contributed by atoms with Crippen LogP contribution in [0.4, 0.5) is 0 Å². The van der Waals surface area contributed by atoms with Crippen molar-refractivity contribution in [1.29, 1.82) is 5.26 Å². The molecule has 0 radical (unpaired) electrons. The number of carbonyl (C=O) groups is 1. The molecule has 2 heterocycles. The number of hydrogen-bond donors (Lipinski definition) is 0. The molecule has 0 aromatic carbocycles. The number of hydrogen-bond acceptors (Lipinski definition) is 4. The maximum Gasteiger partial charge on any atom is 0.222 e. The largest absolute Gasteiger partial charge is 0.341 e. The summed E-state index contributed by atoms with van der Waals surface area (Å²) in [7, 11) is 4.20. The van der Waals surface area contributed by atoms with E-state index in [9.17, 15) is 4.79 Å². The molecule has 0 unspecified atom stereocenters. The van der Waals surface area contributed by atoms with Gasteiger partial charge in [0.05, 0.1) is 24.7 Å². The van der Waals surface area contributed by atoms with E-state index >= 15 is 0 Å². The first-order valence-corrected chi connectivity index (χ1v) is 9.23. The van der Waals surface area contributed by atoms with Gasteiger partial charge in [-0.3, -0.25) is 9.48 Å². The fourth-order valence-corrected chi connectivity index (χ4v) is 3.90. The van der Waals surface area contributed by atoms with Crippen LogP contribution in [0.5, 0.6) is 0 Å². The summed E-state index contributed by atoms with van der Waals surface area (Å²) in [6, 6.07) is 2.62. The van der Waals surface area contributed by atoms with Gasteiger partial charge < -0.3 is 9.80 Å². The van der Waals surface area contributed by atoms with Crippen LogP contribution in [0.2, 0.25) is 0 Å². The van der Waals surface area contributed by atoms with Crippen molar-refractivity contribution in [2.75, 3.05) is 27.2 Å². The first kappa shape index (κ1) is 19.5. The SMILES string of the molecule is CC[C@@H]1CN(C(=O)CCc2c(C)nn(CCC#N)c2C)C[C@@H]1N(C)C. The number of nitrogens with zero attached hydrogens (tertiary/aromatic N) is 5. The molecule has 2 atom stereocenters. The Hall–Kier alpha value is -1.87. The third kappa shape index (κ3) is 4.40. The molecule has 6 nitrogen and oxygen atoms in total. The standard InChI is InChI=1S/C19H31N5O/c1-6-16-12-23(13-18(16)22(4)5)19(25)9-8-17-14(2)21-24(15(17)3)11-7-10-20/h16,18H,6-9,11-13H2,1-5H3/t16-,18+/m1/s1. The number of nitriles is 1. The Balaban J connectivity index is 1.97.